The van der Waals surface area contributed by atoms with Gasteiger partial charge in [-0.3, -0.25) is 9.59 Å². The lowest BCUT2D eigenvalue weighted by atomic mass is 10.0. The molecule has 0 aliphatic carbocycles. The zero-order valence-corrected chi connectivity index (χ0v) is 13.1. The molecule has 0 saturated heterocycles. The van der Waals surface area contributed by atoms with Gasteiger partial charge in [-0.05, 0) is 24.6 Å². The standard InChI is InChI=1S/C15H19F3N2O3/c1-14(23,15(16,17)18)8-12(21)20(3)9-10-4-6-11(7-5-10)13(22)19-2/h4-7,23H,8-9H2,1-3H3,(H,19,22)/t14-/m0/s1. The Morgan fingerprint density at radius 1 is 1.22 bits per heavy atom. The number of alkyl halides is 3. The second kappa shape index (κ2) is 6.99. The van der Waals surface area contributed by atoms with Crippen LogP contribution in [0.15, 0.2) is 24.3 Å². The molecule has 5 nitrogen and oxygen atoms in total. The van der Waals surface area contributed by atoms with Crippen LogP contribution >= 0.6 is 0 Å². The van der Waals surface area contributed by atoms with Gasteiger partial charge in [-0.1, -0.05) is 12.1 Å². The van der Waals surface area contributed by atoms with Gasteiger partial charge in [0, 0.05) is 26.2 Å². The molecule has 1 rings (SSSR count). The van der Waals surface area contributed by atoms with Crippen LogP contribution in [0.3, 0.4) is 0 Å². The summed E-state index contributed by atoms with van der Waals surface area (Å²) in [5.74, 6) is -1.09. The molecule has 0 aliphatic heterocycles. The molecule has 0 aliphatic rings. The molecule has 0 fully saturated rings. The van der Waals surface area contributed by atoms with Crippen molar-refractivity contribution in [1.82, 2.24) is 10.2 Å². The van der Waals surface area contributed by atoms with E-state index in [1.165, 1.54) is 14.1 Å². The highest BCUT2D eigenvalue weighted by atomic mass is 19.4. The zero-order valence-electron chi connectivity index (χ0n) is 13.1. The number of amides is 2. The highest BCUT2D eigenvalue weighted by molar-refractivity contribution is 5.93. The maximum Gasteiger partial charge on any atom is 0.417 e. The fourth-order valence-electron chi connectivity index (χ4n) is 1.80. The highest BCUT2D eigenvalue weighted by Crippen LogP contribution is 2.33. The van der Waals surface area contributed by atoms with Crippen molar-refractivity contribution in [3.05, 3.63) is 35.4 Å². The predicted molar refractivity (Wildman–Crippen MR) is 77.6 cm³/mol. The molecule has 0 heterocycles. The molecule has 1 aromatic rings. The fraction of sp³-hybridized carbons (Fsp3) is 0.467. The molecule has 0 aromatic heterocycles. The number of halogens is 3. The number of hydrogen-bond donors (Lipinski definition) is 2. The SMILES string of the molecule is CNC(=O)c1ccc(CN(C)C(=O)C[C@](C)(O)C(F)(F)F)cc1. The van der Waals surface area contributed by atoms with E-state index in [0.29, 0.717) is 18.1 Å². The van der Waals surface area contributed by atoms with Gasteiger partial charge in [0.2, 0.25) is 5.91 Å². The van der Waals surface area contributed by atoms with Crippen LogP contribution < -0.4 is 5.32 Å². The van der Waals surface area contributed by atoms with Crippen molar-refractivity contribution in [2.75, 3.05) is 14.1 Å². The van der Waals surface area contributed by atoms with Gasteiger partial charge in [0.05, 0.1) is 6.42 Å². The number of nitrogens with one attached hydrogen (secondary N) is 1. The summed E-state index contributed by atoms with van der Waals surface area (Å²) in [6.07, 6.45) is -5.93. The Balaban J connectivity index is 2.70. The van der Waals surface area contributed by atoms with Gasteiger partial charge in [-0.2, -0.15) is 13.2 Å². The summed E-state index contributed by atoms with van der Waals surface area (Å²) in [6, 6.07) is 6.32. The van der Waals surface area contributed by atoms with Gasteiger partial charge in [-0.15, -0.1) is 0 Å². The van der Waals surface area contributed by atoms with Crippen LogP contribution in [0.1, 0.15) is 29.3 Å². The average molecular weight is 332 g/mol. The Labute approximate surface area is 132 Å². The molecular formula is C15H19F3N2O3. The largest absolute Gasteiger partial charge is 0.417 e. The number of hydrogen-bond acceptors (Lipinski definition) is 3. The lowest BCUT2D eigenvalue weighted by Crippen LogP contribution is -2.46. The van der Waals surface area contributed by atoms with Gasteiger partial charge < -0.3 is 15.3 Å². The van der Waals surface area contributed by atoms with Crippen molar-refractivity contribution in [2.24, 2.45) is 0 Å². The summed E-state index contributed by atoms with van der Waals surface area (Å²) < 4.78 is 37.7. The Bertz CT molecular complexity index is 568. The maximum absolute atomic E-state index is 12.6. The molecule has 0 spiro atoms. The van der Waals surface area contributed by atoms with E-state index in [-0.39, 0.29) is 12.5 Å². The molecule has 2 amide bonds. The summed E-state index contributed by atoms with van der Waals surface area (Å²) in [7, 11) is 2.84. The van der Waals surface area contributed by atoms with Gasteiger partial charge in [0.15, 0.2) is 5.60 Å². The van der Waals surface area contributed by atoms with Crippen molar-refractivity contribution < 1.29 is 27.9 Å². The van der Waals surface area contributed by atoms with Crippen molar-refractivity contribution in [2.45, 2.75) is 31.7 Å². The summed E-state index contributed by atoms with van der Waals surface area (Å²) in [4.78, 5) is 24.3. The van der Waals surface area contributed by atoms with Crippen LogP contribution in [0.2, 0.25) is 0 Å². The minimum atomic E-state index is -4.88. The van der Waals surface area contributed by atoms with E-state index in [0.717, 1.165) is 4.90 Å². The quantitative estimate of drug-likeness (QED) is 0.862. The predicted octanol–water partition coefficient (Wildman–Crippen LogP) is 1.71. The molecule has 8 heteroatoms. The smallest absolute Gasteiger partial charge is 0.380 e. The van der Waals surface area contributed by atoms with Crippen LogP contribution in [0, 0.1) is 0 Å². The highest BCUT2D eigenvalue weighted by Gasteiger charge is 2.51. The Morgan fingerprint density at radius 3 is 2.17 bits per heavy atom. The monoisotopic (exact) mass is 332 g/mol. The fourth-order valence-corrected chi connectivity index (χ4v) is 1.80. The molecular weight excluding hydrogens is 313 g/mol. The first-order valence-electron chi connectivity index (χ1n) is 6.82. The Morgan fingerprint density at radius 2 is 1.74 bits per heavy atom. The number of nitrogens with zero attached hydrogens (tertiary/aromatic N) is 1. The second-order valence-corrected chi connectivity index (χ2v) is 5.47. The van der Waals surface area contributed by atoms with Crippen molar-refractivity contribution in [3.63, 3.8) is 0 Å². The maximum atomic E-state index is 12.6. The molecule has 1 atom stereocenters. The molecule has 0 radical (unpaired) electrons. The van der Waals surface area contributed by atoms with Gasteiger partial charge in [-0.25, -0.2) is 0 Å². The third-order valence-corrected chi connectivity index (χ3v) is 3.39. The van der Waals surface area contributed by atoms with Crippen molar-refractivity contribution in [3.8, 4) is 0 Å². The molecule has 2 N–H and O–H groups in total. The Kier molecular flexibility index (Phi) is 5.76. The second-order valence-electron chi connectivity index (χ2n) is 5.47. The van der Waals surface area contributed by atoms with E-state index in [1.54, 1.807) is 24.3 Å². The normalized spacial score (nSPS) is 14.0. The zero-order chi connectivity index (χ0) is 17.8. The summed E-state index contributed by atoms with van der Waals surface area (Å²) in [5, 5.41) is 11.8. The minimum Gasteiger partial charge on any atom is -0.380 e. The number of rotatable bonds is 5. The van der Waals surface area contributed by atoms with Crippen LogP contribution in [-0.4, -0.2) is 47.7 Å². The first-order chi connectivity index (χ1) is 10.5. The van der Waals surface area contributed by atoms with Crippen molar-refractivity contribution in [1.29, 1.82) is 0 Å². The molecule has 1 aromatic carbocycles. The number of benzene rings is 1. The van der Waals surface area contributed by atoms with E-state index in [2.05, 4.69) is 5.32 Å². The van der Waals surface area contributed by atoms with Crippen LogP contribution in [-0.2, 0) is 11.3 Å². The van der Waals surface area contributed by atoms with E-state index in [9.17, 15) is 27.9 Å². The average Bonchev–Trinajstić information content (AvgIpc) is 2.45. The summed E-state index contributed by atoms with van der Waals surface area (Å²) >= 11 is 0. The van der Waals surface area contributed by atoms with Crippen molar-refractivity contribution >= 4 is 11.8 Å². The van der Waals surface area contributed by atoms with Crippen LogP contribution in [0.4, 0.5) is 13.2 Å². The molecule has 0 unspecified atom stereocenters. The van der Waals surface area contributed by atoms with E-state index in [1.807, 2.05) is 0 Å². The number of aliphatic hydroxyl groups is 1. The lowest BCUT2D eigenvalue weighted by molar-refractivity contribution is -0.254. The first-order valence-corrected chi connectivity index (χ1v) is 6.82. The first kappa shape index (κ1) is 19.0. The van der Waals surface area contributed by atoms with Gasteiger partial charge >= 0.3 is 6.18 Å². The minimum absolute atomic E-state index is 0.0702. The summed E-state index contributed by atoms with van der Waals surface area (Å²) in [5.41, 5.74) is -1.98. The lowest BCUT2D eigenvalue weighted by Gasteiger charge is -2.28. The van der Waals surface area contributed by atoms with E-state index >= 15 is 0 Å². The van der Waals surface area contributed by atoms with Crippen LogP contribution in [0.25, 0.3) is 0 Å². The van der Waals surface area contributed by atoms with Crippen LogP contribution in [0.5, 0.6) is 0 Å². The molecule has 0 saturated carbocycles. The number of carbonyl (C=O) groups excluding carboxylic acids is 2. The molecule has 23 heavy (non-hydrogen) atoms. The third-order valence-electron chi connectivity index (χ3n) is 3.39. The van der Waals surface area contributed by atoms with Gasteiger partial charge in [0.1, 0.15) is 0 Å². The van der Waals surface area contributed by atoms with E-state index in [4.69, 9.17) is 0 Å². The summed E-state index contributed by atoms with van der Waals surface area (Å²) in [6.45, 7) is 0.637. The number of carbonyl (C=O) groups is 2. The Hall–Kier alpha value is -2.09. The topological polar surface area (TPSA) is 69.6 Å². The third kappa shape index (κ3) is 4.95. The van der Waals surface area contributed by atoms with Gasteiger partial charge in [0.25, 0.3) is 5.91 Å². The molecule has 0 bridgehead atoms. The molecule has 128 valence electrons. The van der Waals surface area contributed by atoms with E-state index < -0.39 is 24.1 Å².